The van der Waals surface area contributed by atoms with Crippen molar-refractivity contribution in [1.82, 2.24) is 4.98 Å². The first-order valence-electron chi connectivity index (χ1n) is 6.38. The van der Waals surface area contributed by atoms with Crippen molar-refractivity contribution in [3.8, 4) is 0 Å². The number of aromatic nitrogens is 1. The van der Waals surface area contributed by atoms with Crippen LogP contribution in [0.15, 0.2) is 36.4 Å². The molecule has 0 saturated heterocycles. The third-order valence-corrected chi connectivity index (χ3v) is 2.79. The zero-order chi connectivity index (χ0) is 15.4. The van der Waals surface area contributed by atoms with E-state index >= 15 is 0 Å². The normalized spacial score (nSPS) is 10.0. The Morgan fingerprint density at radius 2 is 1.76 bits per heavy atom. The summed E-state index contributed by atoms with van der Waals surface area (Å²) in [5, 5.41) is 4.92. The molecule has 2 amide bonds. The van der Waals surface area contributed by atoms with Gasteiger partial charge in [-0.2, -0.15) is 0 Å². The number of hydrogen-bond acceptors (Lipinski definition) is 4. The lowest BCUT2D eigenvalue weighted by atomic mass is 10.2. The third-order valence-electron chi connectivity index (χ3n) is 2.79. The van der Waals surface area contributed by atoms with Gasteiger partial charge in [0.05, 0.1) is 11.4 Å². The van der Waals surface area contributed by atoms with Crippen LogP contribution in [0.1, 0.15) is 11.3 Å². The summed E-state index contributed by atoms with van der Waals surface area (Å²) in [6.07, 6.45) is 0. The highest BCUT2D eigenvalue weighted by atomic mass is 16.2. The maximum Gasteiger partial charge on any atom is 0.315 e. The zero-order valence-corrected chi connectivity index (χ0v) is 11.8. The molecular weight excluding hydrogens is 268 g/mol. The van der Waals surface area contributed by atoms with Crippen molar-refractivity contribution in [2.45, 2.75) is 13.8 Å². The molecule has 2 rings (SSSR count). The second kappa shape index (κ2) is 6.04. The van der Waals surface area contributed by atoms with Gasteiger partial charge in [-0.05, 0) is 43.7 Å². The van der Waals surface area contributed by atoms with E-state index in [2.05, 4.69) is 15.6 Å². The highest BCUT2D eigenvalue weighted by Crippen LogP contribution is 2.19. The highest BCUT2D eigenvalue weighted by Gasteiger charge is 2.15. The van der Waals surface area contributed by atoms with Crippen molar-refractivity contribution in [3.05, 3.63) is 47.7 Å². The summed E-state index contributed by atoms with van der Waals surface area (Å²) in [5.41, 5.74) is 8.24. The number of nitrogens with zero attached hydrogens (tertiary/aromatic N) is 1. The molecule has 1 aromatic carbocycles. The van der Waals surface area contributed by atoms with Crippen LogP contribution in [-0.4, -0.2) is 16.8 Å². The Hall–Kier alpha value is -2.89. The summed E-state index contributed by atoms with van der Waals surface area (Å²) in [5.74, 6) is -1.27. The van der Waals surface area contributed by atoms with Crippen LogP contribution in [0.4, 0.5) is 17.2 Å². The Kier molecular flexibility index (Phi) is 4.18. The second-order valence-electron chi connectivity index (χ2n) is 4.66. The van der Waals surface area contributed by atoms with Crippen LogP contribution in [0.25, 0.3) is 0 Å². The van der Waals surface area contributed by atoms with Crippen molar-refractivity contribution in [3.63, 3.8) is 0 Å². The molecule has 0 aliphatic carbocycles. The minimum Gasteiger partial charge on any atom is -0.397 e. The lowest BCUT2D eigenvalue weighted by molar-refractivity contribution is -0.133. The number of benzene rings is 1. The standard InChI is InChI=1S/C15H16N4O2/c1-9-6-7-11(16)12(8-9)18-14(20)15(21)19-13-5-3-4-10(2)17-13/h3-8H,16H2,1-2H3,(H,18,20)(H,17,19,21). The fraction of sp³-hybridized carbons (Fsp3) is 0.133. The summed E-state index contributed by atoms with van der Waals surface area (Å²) in [7, 11) is 0. The third kappa shape index (κ3) is 3.79. The van der Waals surface area contributed by atoms with Gasteiger partial charge in [0.2, 0.25) is 0 Å². The van der Waals surface area contributed by atoms with E-state index in [9.17, 15) is 9.59 Å². The molecule has 0 saturated carbocycles. The van der Waals surface area contributed by atoms with Gasteiger partial charge in [-0.15, -0.1) is 0 Å². The quantitative estimate of drug-likeness (QED) is 0.579. The Balaban J connectivity index is 2.06. The van der Waals surface area contributed by atoms with Crippen LogP contribution < -0.4 is 16.4 Å². The Labute approximate surface area is 122 Å². The fourth-order valence-electron chi connectivity index (χ4n) is 1.74. The van der Waals surface area contributed by atoms with E-state index in [1.807, 2.05) is 13.0 Å². The van der Waals surface area contributed by atoms with Gasteiger partial charge >= 0.3 is 11.8 Å². The predicted molar refractivity (Wildman–Crippen MR) is 81.8 cm³/mol. The molecule has 6 heteroatoms. The maximum atomic E-state index is 11.9. The molecule has 0 atom stereocenters. The number of carbonyl (C=O) groups excluding carboxylic acids is 2. The number of rotatable bonds is 2. The van der Waals surface area contributed by atoms with Gasteiger partial charge in [0.15, 0.2) is 0 Å². The average Bonchev–Trinajstić information content (AvgIpc) is 2.43. The van der Waals surface area contributed by atoms with Gasteiger partial charge in [0.25, 0.3) is 0 Å². The van der Waals surface area contributed by atoms with E-state index in [1.54, 1.807) is 37.3 Å². The van der Waals surface area contributed by atoms with Crippen molar-refractivity contribution >= 4 is 29.0 Å². The Bertz CT molecular complexity index is 698. The molecule has 1 aromatic heterocycles. The topological polar surface area (TPSA) is 97.1 Å². The fourth-order valence-corrected chi connectivity index (χ4v) is 1.74. The molecule has 1 heterocycles. The van der Waals surface area contributed by atoms with Gasteiger partial charge < -0.3 is 16.4 Å². The first-order valence-corrected chi connectivity index (χ1v) is 6.38. The van der Waals surface area contributed by atoms with Gasteiger partial charge in [0, 0.05) is 5.69 Å². The maximum absolute atomic E-state index is 11.9. The van der Waals surface area contributed by atoms with Crippen LogP contribution in [-0.2, 0) is 9.59 Å². The Morgan fingerprint density at radius 3 is 2.48 bits per heavy atom. The van der Waals surface area contributed by atoms with E-state index in [0.717, 1.165) is 11.3 Å². The summed E-state index contributed by atoms with van der Waals surface area (Å²) in [4.78, 5) is 27.8. The molecule has 0 aliphatic heterocycles. The van der Waals surface area contributed by atoms with E-state index in [-0.39, 0.29) is 0 Å². The Morgan fingerprint density at radius 1 is 1.05 bits per heavy atom. The summed E-state index contributed by atoms with van der Waals surface area (Å²) < 4.78 is 0. The largest absolute Gasteiger partial charge is 0.397 e. The number of aryl methyl sites for hydroxylation is 2. The highest BCUT2D eigenvalue weighted by molar-refractivity contribution is 6.43. The van der Waals surface area contributed by atoms with Crippen LogP contribution in [0.3, 0.4) is 0 Å². The van der Waals surface area contributed by atoms with Gasteiger partial charge in [-0.1, -0.05) is 12.1 Å². The van der Waals surface area contributed by atoms with E-state index < -0.39 is 11.8 Å². The first-order chi connectivity index (χ1) is 9.95. The second-order valence-corrected chi connectivity index (χ2v) is 4.66. The smallest absolute Gasteiger partial charge is 0.315 e. The van der Waals surface area contributed by atoms with Crippen molar-refractivity contribution < 1.29 is 9.59 Å². The van der Waals surface area contributed by atoms with E-state index in [1.165, 1.54) is 0 Å². The minimum atomic E-state index is -0.797. The SMILES string of the molecule is Cc1ccc(N)c(NC(=O)C(=O)Nc2cccc(C)n2)c1. The van der Waals surface area contributed by atoms with Gasteiger partial charge in [-0.3, -0.25) is 9.59 Å². The summed E-state index contributed by atoms with van der Waals surface area (Å²) >= 11 is 0. The van der Waals surface area contributed by atoms with Crippen LogP contribution in [0, 0.1) is 13.8 Å². The van der Waals surface area contributed by atoms with E-state index in [4.69, 9.17) is 5.73 Å². The molecule has 0 aliphatic rings. The van der Waals surface area contributed by atoms with Gasteiger partial charge in [-0.25, -0.2) is 4.98 Å². The molecule has 0 unspecified atom stereocenters. The first kappa shape index (κ1) is 14.5. The molecule has 21 heavy (non-hydrogen) atoms. The number of nitrogens with two attached hydrogens (primary N) is 1. The number of pyridine rings is 1. The summed E-state index contributed by atoms with van der Waals surface area (Å²) in [6, 6.07) is 10.3. The molecule has 0 radical (unpaired) electrons. The van der Waals surface area contributed by atoms with Crippen LogP contribution in [0.5, 0.6) is 0 Å². The number of nitrogen functional groups attached to an aromatic ring is 1. The lowest BCUT2D eigenvalue weighted by Gasteiger charge is -2.09. The van der Waals surface area contributed by atoms with Crippen molar-refractivity contribution in [2.24, 2.45) is 0 Å². The summed E-state index contributed by atoms with van der Waals surface area (Å²) in [6.45, 7) is 3.66. The number of amides is 2. The number of anilines is 3. The van der Waals surface area contributed by atoms with E-state index in [0.29, 0.717) is 17.2 Å². The molecular formula is C15H16N4O2. The molecule has 6 nitrogen and oxygen atoms in total. The molecule has 0 fully saturated rings. The predicted octanol–water partition coefficient (Wildman–Crippen LogP) is 1.86. The number of nitrogens with one attached hydrogen (secondary N) is 2. The monoisotopic (exact) mass is 284 g/mol. The molecule has 0 spiro atoms. The van der Waals surface area contributed by atoms with Crippen LogP contribution in [0.2, 0.25) is 0 Å². The van der Waals surface area contributed by atoms with Gasteiger partial charge in [0.1, 0.15) is 5.82 Å². The molecule has 0 bridgehead atoms. The average molecular weight is 284 g/mol. The number of hydrogen-bond donors (Lipinski definition) is 3. The molecule has 2 aromatic rings. The molecule has 4 N–H and O–H groups in total. The zero-order valence-electron chi connectivity index (χ0n) is 11.8. The molecule has 108 valence electrons. The van der Waals surface area contributed by atoms with Crippen molar-refractivity contribution in [1.29, 1.82) is 0 Å². The minimum absolute atomic E-state index is 0.326. The van der Waals surface area contributed by atoms with Crippen LogP contribution >= 0.6 is 0 Å². The van der Waals surface area contributed by atoms with Crippen molar-refractivity contribution in [2.75, 3.05) is 16.4 Å². The number of carbonyl (C=O) groups is 2. The lowest BCUT2D eigenvalue weighted by Crippen LogP contribution is -2.29.